The van der Waals surface area contributed by atoms with E-state index in [1.54, 1.807) is 0 Å². The highest BCUT2D eigenvalue weighted by Crippen LogP contribution is 2.47. The first kappa shape index (κ1) is 51.3. The maximum Gasteiger partial charge on any atom is 0.325 e. The summed E-state index contributed by atoms with van der Waals surface area (Å²) in [5.41, 5.74) is 0. The third-order valence-electron chi connectivity index (χ3n) is 10.3. The Morgan fingerprint density at radius 2 is 0.963 bits per heavy atom. The maximum absolute atomic E-state index is 12.8. The molecule has 1 rings (SSSR count). The summed E-state index contributed by atoms with van der Waals surface area (Å²) in [7, 11) is 0. The van der Waals surface area contributed by atoms with Gasteiger partial charge in [-0.1, -0.05) is 168 Å². The molecule has 11 nitrogen and oxygen atoms in total. The zero-order chi connectivity index (χ0) is 39.9. The number of aliphatic hydroxyl groups excluding tert-OH is 4. The second kappa shape index (κ2) is 33.3. The summed E-state index contributed by atoms with van der Waals surface area (Å²) in [5.74, 6) is -0.892. The number of rotatable bonds is 36. The van der Waals surface area contributed by atoms with Crippen LogP contribution in [0.2, 0.25) is 0 Å². The minimum Gasteiger partial charge on any atom is -0.462 e. The van der Waals surface area contributed by atoms with E-state index in [-0.39, 0.29) is 25.9 Å². The number of aliphatic hydroxyl groups is 4. The Morgan fingerprint density at radius 3 is 1.39 bits per heavy atom. The zero-order valence-electron chi connectivity index (χ0n) is 33.9. The van der Waals surface area contributed by atoms with Crippen LogP contribution in [0.1, 0.15) is 200 Å². The topological polar surface area (TPSA) is 172 Å². The molecule has 320 valence electrons. The predicted molar refractivity (Wildman–Crippen MR) is 217 cm³/mol. The van der Waals surface area contributed by atoms with Crippen LogP contribution in [0.3, 0.4) is 0 Å². The molecule has 0 aromatic heterocycles. The van der Waals surface area contributed by atoms with Gasteiger partial charge in [-0.2, -0.15) is 0 Å². The molecule has 1 saturated carbocycles. The largest absolute Gasteiger partial charge is 0.462 e. The Balaban J connectivity index is 2.43. The lowest BCUT2D eigenvalue weighted by atomic mass is 9.87. The Hall–Kier alpha value is -0.690. The highest BCUT2D eigenvalue weighted by Gasteiger charge is 2.44. The number of carbonyl (C=O) groups is 2. The molecule has 54 heavy (non-hydrogen) atoms. The van der Waals surface area contributed by atoms with Gasteiger partial charge in [-0.05, 0) is 24.6 Å². The standard InChI is InChI=1S/C41H79O11PS/c1-3-5-7-9-11-13-15-17-19-21-23-25-27-29-37(43)49-32-34(33-50-53(48,54)52-36-31-35(42)39(45)41(47)40(36)46)51-38(44)30-28-26-24-22-20-18-16-14-12-10-8-6-4-2/h34-36,39-42,45-47H,3-33H2,1-2H3,(H,48,54)/t34?,35-,36+,39+,40+,41-,53?/m1/s1. The lowest BCUT2D eigenvalue weighted by Crippen LogP contribution is -2.56. The van der Waals surface area contributed by atoms with E-state index in [0.29, 0.717) is 12.8 Å². The molecule has 1 aliphatic rings. The Bertz CT molecular complexity index is 973. The Labute approximate surface area is 332 Å². The minimum atomic E-state index is -4.07. The van der Waals surface area contributed by atoms with Crippen molar-refractivity contribution in [2.75, 3.05) is 13.2 Å². The number of ether oxygens (including phenoxy) is 2. The van der Waals surface area contributed by atoms with Gasteiger partial charge in [0, 0.05) is 19.3 Å². The van der Waals surface area contributed by atoms with E-state index in [0.717, 1.165) is 38.5 Å². The monoisotopic (exact) mass is 811 g/mol. The Morgan fingerprint density at radius 1 is 0.574 bits per heavy atom. The van der Waals surface area contributed by atoms with Crippen molar-refractivity contribution in [1.29, 1.82) is 0 Å². The van der Waals surface area contributed by atoms with Crippen LogP contribution in [0.5, 0.6) is 0 Å². The molecule has 0 radical (unpaired) electrons. The van der Waals surface area contributed by atoms with Crippen LogP contribution in [0.4, 0.5) is 0 Å². The summed E-state index contributed by atoms with van der Waals surface area (Å²) < 4.78 is 21.8. The van der Waals surface area contributed by atoms with Gasteiger partial charge in [0.25, 0.3) is 0 Å². The molecule has 7 atom stereocenters. The molecule has 5 N–H and O–H groups in total. The van der Waals surface area contributed by atoms with Crippen molar-refractivity contribution in [2.45, 2.75) is 237 Å². The van der Waals surface area contributed by atoms with Crippen molar-refractivity contribution >= 4 is 30.5 Å². The summed E-state index contributed by atoms with van der Waals surface area (Å²) in [4.78, 5) is 36.0. The van der Waals surface area contributed by atoms with Gasteiger partial charge in [-0.3, -0.25) is 9.59 Å². The summed E-state index contributed by atoms with van der Waals surface area (Å²) in [5, 5.41) is 40.1. The predicted octanol–water partition coefficient (Wildman–Crippen LogP) is 8.87. The van der Waals surface area contributed by atoms with E-state index in [4.69, 9.17) is 30.3 Å². The summed E-state index contributed by atoms with van der Waals surface area (Å²) >= 11 is 5.09. The number of hydrogen-bond acceptors (Lipinski definition) is 11. The highest BCUT2D eigenvalue weighted by molar-refractivity contribution is 8.07. The van der Waals surface area contributed by atoms with Gasteiger partial charge in [-0.15, -0.1) is 0 Å². The summed E-state index contributed by atoms with van der Waals surface area (Å²) in [6.45, 7) is -0.313. The van der Waals surface area contributed by atoms with Crippen molar-refractivity contribution in [3.05, 3.63) is 0 Å². The van der Waals surface area contributed by atoms with Crippen LogP contribution in [-0.2, 0) is 39.9 Å². The highest BCUT2D eigenvalue weighted by atomic mass is 32.5. The van der Waals surface area contributed by atoms with E-state index in [1.165, 1.54) is 116 Å². The van der Waals surface area contributed by atoms with Crippen LogP contribution in [-0.4, -0.2) is 87.1 Å². The first-order chi connectivity index (χ1) is 26.0. The molecule has 0 spiro atoms. The fraction of sp³-hybridized carbons (Fsp3) is 0.951. The molecule has 0 bridgehead atoms. The van der Waals surface area contributed by atoms with Gasteiger partial charge in [0.05, 0.1) is 18.8 Å². The van der Waals surface area contributed by atoms with Gasteiger partial charge in [0.2, 0.25) is 0 Å². The van der Waals surface area contributed by atoms with Gasteiger partial charge in [0.15, 0.2) is 6.10 Å². The molecule has 1 aliphatic carbocycles. The quantitative estimate of drug-likeness (QED) is 0.0232. The minimum absolute atomic E-state index is 0.192. The van der Waals surface area contributed by atoms with E-state index in [2.05, 4.69) is 13.8 Å². The lowest BCUT2D eigenvalue weighted by molar-refractivity contribution is -0.173. The molecule has 0 heterocycles. The smallest absolute Gasteiger partial charge is 0.325 e. The fourth-order valence-electron chi connectivity index (χ4n) is 6.84. The Kier molecular flexibility index (Phi) is 31.7. The van der Waals surface area contributed by atoms with Crippen LogP contribution >= 0.6 is 6.72 Å². The van der Waals surface area contributed by atoms with Gasteiger partial charge in [0.1, 0.15) is 24.9 Å². The fourth-order valence-corrected chi connectivity index (χ4v) is 8.33. The van der Waals surface area contributed by atoms with Crippen LogP contribution in [0.15, 0.2) is 0 Å². The molecule has 0 saturated heterocycles. The number of esters is 2. The van der Waals surface area contributed by atoms with Gasteiger partial charge in [-0.25, -0.2) is 0 Å². The van der Waals surface area contributed by atoms with Crippen molar-refractivity contribution < 1.29 is 53.4 Å². The molecular weight excluding hydrogens is 731 g/mol. The molecule has 0 aromatic carbocycles. The zero-order valence-corrected chi connectivity index (χ0v) is 35.6. The molecular formula is C41H79O11PS. The molecule has 13 heteroatoms. The summed E-state index contributed by atoms with van der Waals surface area (Å²) in [6.07, 6.45) is 22.5. The molecule has 1 fully saturated rings. The number of carbonyl (C=O) groups excluding carboxylic acids is 2. The second-order valence-electron chi connectivity index (χ2n) is 15.5. The van der Waals surface area contributed by atoms with Crippen molar-refractivity contribution in [3.63, 3.8) is 0 Å². The van der Waals surface area contributed by atoms with E-state index in [1.807, 2.05) is 0 Å². The second-order valence-corrected chi connectivity index (χ2v) is 18.3. The van der Waals surface area contributed by atoms with Crippen LogP contribution in [0, 0.1) is 0 Å². The van der Waals surface area contributed by atoms with Crippen LogP contribution in [0.25, 0.3) is 0 Å². The lowest BCUT2D eigenvalue weighted by Gasteiger charge is -2.38. The van der Waals surface area contributed by atoms with E-state index in [9.17, 15) is 34.9 Å². The van der Waals surface area contributed by atoms with Crippen molar-refractivity contribution in [3.8, 4) is 0 Å². The first-order valence-electron chi connectivity index (χ1n) is 21.7. The van der Waals surface area contributed by atoms with Gasteiger partial charge >= 0.3 is 18.7 Å². The van der Waals surface area contributed by atoms with Crippen molar-refractivity contribution in [1.82, 2.24) is 0 Å². The molecule has 0 aromatic rings. The average Bonchev–Trinajstić information content (AvgIpc) is 3.14. The van der Waals surface area contributed by atoms with Crippen LogP contribution < -0.4 is 0 Å². The normalized spacial score (nSPS) is 21.8. The number of unbranched alkanes of at least 4 members (excludes halogenated alkanes) is 24. The number of hydrogen-bond donors (Lipinski definition) is 5. The van der Waals surface area contributed by atoms with Crippen molar-refractivity contribution in [2.24, 2.45) is 0 Å². The summed E-state index contributed by atoms with van der Waals surface area (Å²) in [6, 6.07) is 0. The SMILES string of the molecule is CCCCCCCCCCCCCCCC(=O)OCC(COP(O)(=S)O[C@H]1C[C@@H](O)[C@H](O)[C@@H](O)[C@H]1O)OC(=O)CCCCCCCCCCCCCCC. The molecule has 2 unspecified atom stereocenters. The maximum atomic E-state index is 12.8. The first-order valence-corrected chi connectivity index (χ1v) is 24.3. The van der Waals surface area contributed by atoms with E-state index < -0.39 is 61.9 Å². The molecule has 0 amide bonds. The molecule has 0 aliphatic heterocycles. The van der Waals surface area contributed by atoms with E-state index >= 15 is 0 Å². The van der Waals surface area contributed by atoms with Gasteiger partial charge < -0.3 is 43.8 Å². The third kappa shape index (κ3) is 27.0. The third-order valence-corrected chi connectivity index (χ3v) is 11.9. The average molecular weight is 811 g/mol.